The van der Waals surface area contributed by atoms with Crippen LogP contribution in [0.2, 0.25) is 0 Å². The third kappa shape index (κ3) is 24.8. The molecular formula is C21H27FeO12. The number of allylic oxidation sites excluding steroid dienone is 3. The molecule has 0 N–H and O–H groups in total. The predicted molar refractivity (Wildman–Crippen MR) is 106 cm³/mol. The Morgan fingerprint density at radius 1 is 0.529 bits per heavy atom. The number of hydrogen-bond acceptors (Lipinski definition) is 12. The minimum Gasteiger partial charge on any atom is -0.868 e. The molecule has 0 aromatic heterocycles. The van der Waals surface area contributed by atoms with Crippen molar-refractivity contribution in [2.75, 3.05) is 19.8 Å². The number of hydrogen-bond donors (Lipinski definition) is 0. The summed E-state index contributed by atoms with van der Waals surface area (Å²) in [5, 5.41) is 31.8. The summed E-state index contributed by atoms with van der Waals surface area (Å²) in [6, 6.07) is 0. The van der Waals surface area contributed by atoms with Crippen LogP contribution in [0.25, 0.3) is 0 Å². The van der Waals surface area contributed by atoms with Gasteiger partial charge in [-0.05, 0) is 77.0 Å². The average Bonchev–Trinajstić information content (AvgIpc) is 2.68. The van der Waals surface area contributed by atoms with Crippen LogP contribution in [0.4, 0.5) is 0 Å². The van der Waals surface area contributed by atoms with Gasteiger partial charge in [0.2, 0.25) is 0 Å². The van der Waals surface area contributed by atoms with Crippen LogP contribution in [0.1, 0.15) is 41.5 Å². The summed E-state index contributed by atoms with van der Waals surface area (Å²) in [7, 11) is 0. The van der Waals surface area contributed by atoms with E-state index in [1.54, 1.807) is 20.8 Å². The van der Waals surface area contributed by atoms with Gasteiger partial charge in [-0.2, -0.15) is 0 Å². The summed E-state index contributed by atoms with van der Waals surface area (Å²) in [6.45, 7) is 8.73. The molecule has 13 heteroatoms. The van der Waals surface area contributed by atoms with Crippen LogP contribution in [0.15, 0.2) is 35.5 Å². The van der Waals surface area contributed by atoms with Crippen molar-refractivity contribution in [1.29, 1.82) is 0 Å². The van der Waals surface area contributed by atoms with E-state index >= 15 is 0 Å². The Labute approximate surface area is 207 Å². The molecule has 0 atom stereocenters. The topological polar surface area (TPSA) is 199 Å². The summed E-state index contributed by atoms with van der Waals surface area (Å²) in [5.74, 6) is -7.03. The molecule has 0 saturated carbocycles. The van der Waals surface area contributed by atoms with Crippen LogP contribution in [0.5, 0.6) is 0 Å². The van der Waals surface area contributed by atoms with Gasteiger partial charge in [-0.15, -0.1) is 0 Å². The molecule has 0 heterocycles. The first-order valence-electron chi connectivity index (χ1n) is 9.42. The summed E-state index contributed by atoms with van der Waals surface area (Å²) in [6.07, 6.45) is 2.12. The normalized spacial score (nSPS) is 10.6. The van der Waals surface area contributed by atoms with Crippen molar-refractivity contribution in [1.82, 2.24) is 0 Å². The predicted octanol–water partition coefficient (Wildman–Crippen LogP) is -1.85. The van der Waals surface area contributed by atoms with Crippen LogP contribution in [0, 0.1) is 0 Å². The first-order valence-corrected chi connectivity index (χ1v) is 9.42. The third-order valence-electron chi connectivity index (χ3n) is 2.43. The number of ketones is 3. The molecule has 0 unspecified atom stereocenters. The second-order valence-corrected chi connectivity index (χ2v) is 5.52. The van der Waals surface area contributed by atoms with Crippen molar-refractivity contribution in [3.8, 4) is 0 Å². The molecule has 0 aliphatic rings. The van der Waals surface area contributed by atoms with Gasteiger partial charge in [0.15, 0.2) is 17.3 Å². The Balaban J connectivity index is -0.000000196. The van der Waals surface area contributed by atoms with E-state index < -0.39 is 52.5 Å². The summed E-state index contributed by atoms with van der Waals surface area (Å²) in [4.78, 5) is 62.4. The fourth-order valence-electron chi connectivity index (χ4n) is 1.34. The van der Waals surface area contributed by atoms with Crippen LogP contribution in [0.3, 0.4) is 0 Å². The molecule has 0 aliphatic carbocycles. The molecule has 12 nitrogen and oxygen atoms in total. The number of rotatable bonds is 9. The monoisotopic (exact) mass is 527 g/mol. The van der Waals surface area contributed by atoms with E-state index in [9.17, 15) is 44.1 Å². The average molecular weight is 527 g/mol. The summed E-state index contributed by atoms with van der Waals surface area (Å²) < 4.78 is 13.0. The SMILES string of the molecule is CCOC(=O)/C([O-])=C/C(C)=O.CCOC(=O)/C([O-])=C/C(C)=O.CCOC(=O)/C([O-])=C\C(C)=O.[Fe+3]. The van der Waals surface area contributed by atoms with Crippen LogP contribution in [-0.2, 0) is 60.0 Å². The van der Waals surface area contributed by atoms with Gasteiger partial charge in [0, 0.05) is 0 Å². The zero-order valence-corrected chi connectivity index (χ0v) is 20.7. The van der Waals surface area contributed by atoms with Gasteiger partial charge in [0.25, 0.3) is 0 Å². The summed E-state index contributed by atoms with van der Waals surface area (Å²) >= 11 is 0. The fourth-order valence-corrected chi connectivity index (χ4v) is 1.34. The zero-order valence-electron chi connectivity index (χ0n) is 19.6. The molecule has 0 aromatic rings. The quantitative estimate of drug-likeness (QED) is 0.107. The Bertz CT molecular complexity index is 689. The van der Waals surface area contributed by atoms with Crippen LogP contribution in [-0.4, -0.2) is 55.1 Å². The van der Waals surface area contributed by atoms with E-state index in [-0.39, 0.29) is 36.9 Å². The van der Waals surface area contributed by atoms with E-state index in [0.29, 0.717) is 18.2 Å². The molecule has 1 radical (unpaired) electrons. The molecule has 0 spiro atoms. The van der Waals surface area contributed by atoms with E-state index in [1.807, 2.05) is 0 Å². The van der Waals surface area contributed by atoms with Gasteiger partial charge < -0.3 is 29.5 Å². The van der Waals surface area contributed by atoms with E-state index in [1.165, 1.54) is 20.8 Å². The maximum atomic E-state index is 10.6. The van der Waals surface area contributed by atoms with Gasteiger partial charge in [0.05, 0.1) is 19.8 Å². The number of ether oxygens (including phenoxy) is 3. The standard InChI is InChI=1S/3C7H10O4.Fe/c3*1-3-11-7(10)6(9)4-5(2)8;/h3*4,9H,3H2,1-2H3;/q;;;+3/p-3/b6-4+;2*6-4-;. The first-order chi connectivity index (χ1) is 15.2. The van der Waals surface area contributed by atoms with E-state index in [4.69, 9.17) is 0 Å². The second-order valence-electron chi connectivity index (χ2n) is 5.52. The van der Waals surface area contributed by atoms with Gasteiger partial charge in [0.1, 0.15) is 0 Å². The van der Waals surface area contributed by atoms with Crippen molar-refractivity contribution in [3.63, 3.8) is 0 Å². The Kier molecular flexibility index (Phi) is 25.3. The van der Waals surface area contributed by atoms with Crippen LogP contribution < -0.4 is 15.3 Å². The molecule has 0 saturated heterocycles. The van der Waals surface area contributed by atoms with E-state index in [2.05, 4.69) is 14.2 Å². The van der Waals surface area contributed by atoms with Crippen molar-refractivity contribution in [3.05, 3.63) is 35.5 Å². The zero-order chi connectivity index (χ0) is 26.6. The molecular weight excluding hydrogens is 500 g/mol. The minimum atomic E-state index is -0.984. The molecule has 0 bridgehead atoms. The maximum absolute atomic E-state index is 10.6. The number of carbonyl (C=O) groups excluding carboxylic acids is 6. The molecule has 0 fully saturated rings. The van der Waals surface area contributed by atoms with Crippen molar-refractivity contribution in [2.45, 2.75) is 41.5 Å². The Hall–Kier alpha value is -3.44. The first kappa shape index (κ1) is 37.9. The molecule has 191 valence electrons. The molecule has 0 amide bonds. The van der Waals surface area contributed by atoms with Crippen molar-refractivity contribution in [2.24, 2.45) is 0 Å². The van der Waals surface area contributed by atoms with Gasteiger partial charge in [-0.25, -0.2) is 14.4 Å². The van der Waals surface area contributed by atoms with Gasteiger partial charge in [-0.1, -0.05) is 0 Å². The maximum Gasteiger partial charge on any atom is 3.00 e. The Morgan fingerprint density at radius 3 is 0.824 bits per heavy atom. The molecule has 0 aliphatic heterocycles. The third-order valence-corrected chi connectivity index (χ3v) is 2.43. The van der Waals surface area contributed by atoms with Gasteiger partial charge >= 0.3 is 35.0 Å². The second kappa shape index (κ2) is 22.7. The minimum absolute atomic E-state index is 0. The van der Waals surface area contributed by atoms with E-state index in [0.717, 1.165) is 0 Å². The number of carbonyl (C=O) groups is 6. The smallest absolute Gasteiger partial charge is 0.868 e. The summed E-state index contributed by atoms with van der Waals surface area (Å²) in [5.41, 5.74) is 0. The Morgan fingerprint density at radius 2 is 0.706 bits per heavy atom. The van der Waals surface area contributed by atoms with Crippen molar-refractivity contribution < 1.29 is 75.4 Å². The number of esters is 3. The molecule has 34 heavy (non-hydrogen) atoms. The van der Waals surface area contributed by atoms with Crippen LogP contribution >= 0.6 is 0 Å². The largest absolute Gasteiger partial charge is 3.00 e. The molecule has 0 rings (SSSR count). The molecule has 0 aromatic carbocycles. The van der Waals surface area contributed by atoms with Crippen molar-refractivity contribution >= 4 is 35.3 Å². The fraction of sp³-hybridized carbons (Fsp3) is 0.429. The van der Waals surface area contributed by atoms with Gasteiger partial charge in [-0.3, -0.25) is 14.4 Å².